The molecule has 2 heterocycles. The van der Waals surface area contributed by atoms with E-state index in [1.54, 1.807) is 14.2 Å². The molecular formula is C23H30N6O. The lowest BCUT2D eigenvalue weighted by Gasteiger charge is -2.16. The molecule has 0 aliphatic rings. The summed E-state index contributed by atoms with van der Waals surface area (Å²) in [6.45, 7) is 9.27. The van der Waals surface area contributed by atoms with Gasteiger partial charge in [-0.25, -0.2) is 4.68 Å². The molecule has 0 fully saturated rings. The number of hydrogen-bond donors (Lipinski definition) is 2. The Hall–Kier alpha value is -3.35. The molecule has 3 aromatic rings. The lowest BCUT2D eigenvalue weighted by molar-refractivity contribution is 0.406. The van der Waals surface area contributed by atoms with Crippen LogP contribution in [0.4, 0.5) is 0 Å². The van der Waals surface area contributed by atoms with Crippen LogP contribution in [0.15, 0.2) is 41.5 Å². The van der Waals surface area contributed by atoms with Crippen LogP contribution in [0.5, 0.6) is 5.75 Å². The van der Waals surface area contributed by atoms with E-state index < -0.39 is 0 Å². The number of aryl methyl sites for hydroxylation is 3. The fraction of sp³-hybridized carbons (Fsp3) is 0.348. The summed E-state index contributed by atoms with van der Waals surface area (Å²) in [5, 5.41) is 11.4. The molecule has 0 atom stereocenters. The fourth-order valence-electron chi connectivity index (χ4n) is 3.56. The van der Waals surface area contributed by atoms with Gasteiger partial charge < -0.3 is 15.4 Å². The zero-order valence-corrected chi connectivity index (χ0v) is 18.6. The number of aromatic nitrogens is 3. The highest BCUT2D eigenvalue weighted by atomic mass is 16.5. The molecule has 0 aliphatic carbocycles. The number of para-hydroxylation sites is 1. The molecule has 0 aliphatic heterocycles. The largest absolute Gasteiger partial charge is 0.496 e. The summed E-state index contributed by atoms with van der Waals surface area (Å²) >= 11 is 0. The first-order valence-corrected chi connectivity index (χ1v) is 9.99. The molecule has 0 bridgehead atoms. The van der Waals surface area contributed by atoms with Crippen LogP contribution >= 0.6 is 0 Å². The van der Waals surface area contributed by atoms with Gasteiger partial charge in [0, 0.05) is 36.6 Å². The zero-order valence-electron chi connectivity index (χ0n) is 18.6. The second-order valence-corrected chi connectivity index (χ2v) is 7.29. The van der Waals surface area contributed by atoms with E-state index in [0.29, 0.717) is 19.0 Å². The van der Waals surface area contributed by atoms with Crippen LogP contribution < -0.4 is 15.4 Å². The summed E-state index contributed by atoms with van der Waals surface area (Å²) in [7, 11) is 3.45. The summed E-state index contributed by atoms with van der Waals surface area (Å²) in [6.07, 6.45) is 1.84. The van der Waals surface area contributed by atoms with Gasteiger partial charge in [0.05, 0.1) is 30.7 Å². The molecule has 0 spiro atoms. The summed E-state index contributed by atoms with van der Waals surface area (Å²) in [4.78, 5) is 8.88. The van der Waals surface area contributed by atoms with Crippen LogP contribution in [0.25, 0.3) is 5.69 Å². The van der Waals surface area contributed by atoms with Crippen molar-refractivity contribution in [2.24, 2.45) is 4.99 Å². The number of benzene rings is 1. The Balaban J connectivity index is 1.70. The Bertz CT molecular complexity index is 1050. The number of ether oxygens (including phenoxy) is 1. The quantitative estimate of drug-likeness (QED) is 0.485. The lowest BCUT2D eigenvalue weighted by Crippen LogP contribution is -2.37. The highest BCUT2D eigenvalue weighted by molar-refractivity contribution is 5.79. The minimum absolute atomic E-state index is 0.557. The maximum atomic E-state index is 5.50. The van der Waals surface area contributed by atoms with E-state index in [0.717, 1.165) is 45.2 Å². The maximum Gasteiger partial charge on any atom is 0.191 e. The average Bonchev–Trinajstić information content (AvgIpc) is 3.08. The van der Waals surface area contributed by atoms with Crippen LogP contribution in [0, 0.1) is 27.7 Å². The van der Waals surface area contributed by atoms with Gasteiger partial charge in [-0.2, -0.15) is 5.10 Å². The van der Waals surface area contributed by atoms with Crippen LogP contribution in [-0.2, 0) is 13.1 Å². The van der Waals surface area contributed by atoms with Crippen molar-refractivity contribution in [1.82, 2.24) is 25.4 Å². The zero-order chi connectivity index (χ0) is 21.7. The van der Waals surface area contributed by atoms with E-state index in [1.807, 2.05) is 43.8 Å². The smallest absolute Gasteiger partial charge is 0.191 e. The lowest BCUT2D eigenvalue weighted by atomic mass is 10.1. The first-order chi connectivity index (χ1) is 14.4. The second-order valence-electron chi connectivity index (χ2n) is 7.29. The summed E-state index contributed by atoms with van der Waals surface area (Å²) < 4.78 is 7.48. The van der Waals surface area contributed by atoms with Crippen LogP contribution in [0.2, 0.25) is 0 Å². The van der Waals surface area contributed by atoms with Crippen LogP contribution in [0.3, 0.4) is 0 Å². The normalized spacial score (nSPS) is 11.5. The molecule has 1 aromatic carbocycles. The van der Waals surface area contributed by atoms with E-state index in [4.69, 9.17) is 4.74 Å². The van der Waals surface area contributed by atoms with Crippen molar-refractivity contribution in [3.8, 4) is 11.4 Å². The van der Waals surface area contributed by atoms with E-state index in [-0.39, 0.29) is 0 Å². The van der Waals surface area contributed by atoms with Crippen molar-refractivity contribution >= 4 is 5.96 Å². The number of pyridine rings is 1. The highest BCUT2D eigenvalue weighted by Crippen LogP contribution is 2.23. The standard InChI is InChI=1S/C23H30N6O/c1-15-12-25-20(18(4)22(15)30-6)14-27-23(24-5)26-13-19-9-7-8-10-21(19)29-17(3)11-16(2)28-29/h7-12H,13-14H2,1-6H3,(H2,24,26,27). The van der Waals surface area contributed by atoms with Crippen molar-refractivity contribution in [2.45, 2.75) is 40.8 Å². The molecule has 0 amide bonds. The monoisotopic (exact) mass is 406 g/mol. The summed E-state index contributed by atoms with van der Waals surface area (Å²) in [5.74, 6) is 1.59. The molecule has 0 saturated heterocycles. The van der Waals surface area contributed by atoms with Crippen molar-refractivity contribution in [1.29, 1.82) is 0 Å². The van der Waals surface area contributed by atoms with Crippen LogP contribution in [0.1, 0.15) is 33.8 Å². The number of aliphatic imine (C=N–C) groups is 1. The Labute approximate surface area is 178 Å². The van der Waals surface area contributed by atoms with Gasteiger partial charge in [-0.05, 0) is 45.4 Å². The summed E-state index contributed by atoms with van der Waals surface area (Å²) in [6, 6.07) is 10.3. The first-order valence-electron chi connectivity index (χ1n) is 9.99. The van der Waals surface area contributed by atoms with Gasteiger partial charge >= 0.3 is 0 Å². The molecule has 30 heavy (non-hydrogen) atoms. The van der Waals surface area contributed by atoms with E-state index in [1.165, 1.54) is 0 Å². The predicted molar refractivity (Wildman–Crippen MR) is 120 cm³/mol. The number of hydrogen-bond acceptors (Lipinski definition) is 4. The third-order valence-electron chi connectivity index (χ3n) is 5.07. The molecule has 0 unspecified atom stereocenters. The predicted octanol–water partition coefficient (Wildman–Crippen LogP) is 3.37. The third-order valence-corrected chi connectivity index (χ3v) is 5.07. The SMILES string of the molecule is CN=C(NCc1ccccc1-n1nc(C)cc1C)NCc1ncc(C)c(OC)c1C. The van der Waals surface area contributed by atoms with Crippen molar-refractivity contribution < 1.29 is 4.74 Å². The minimum Gasteiger partial charge on any atom is -0.496 e. The molecular weight excluding hydrogens is 376 g/mol. The molecule has 7 nitrogen and oxygen atoms in total. The molecule has 3 rings (SSSR count). The van der Waals surface area contributed by atoms with Gasteiger partial charge in [0.15, 0.2) is 5.96 Å². The van der Waals surface area contributed by atoms with E-state index in [2.05, 4.69) is 50.8 Å². The van der Waals surface area contributed by atoms with Gasteiger partial charge in [-0.1, -0.05) is 18.2 Å². The number of methoxy groups -OCH3 is 1. The molecule has 0 saturated carbocycles. The third kappa shape index (κ3) is 4.62. The molecule has 2 N–H and O–H groups in total. The topological polar surface area (TPSA) is 76.4 Å². The Morgan fingerprint density at radius 3 is 2.50 bits per heavy atom. The Morgan fingerprint density at radius 1 is 1.10 bits per heavy atom. The molecule has 2 aromatic heterocycles. The van der Waals surface area contributed by atoms with Gasteiger partial charge in [0.2, 0.25) is 0 Å². The average molecular weight is 407 g/mol. The number of rotatable bonds is 6. The first kappa shape index (κ1) is 21.4. The fourth-order valence-corrected chi connectivity index (χ4v) is 3.56. The van der Waals surface area contributed by atoms with Gasteiger partial charge in [0.25, 0.3) is 0 Å². The molecule has 7 heteroatoms. The van der Waals surface area contributed by atoms with Gasteiger partial charge in [0.1, 0.15) is 5.75 Å². The van der Waals surface area contributed by atoms with Gasteiger partial charge in [-0.3, -0.25) is 9.98 Å². The minimum atomic E-state index is 0.557. The Morgan fingerprint density at radius 2 is 1.83 bits per heavy atom. The second kappa shape index (κ2) is 9.43. The molecule has 0 radical (unpaired) electrons. The summed E-state index contributed by atoms with van der Waals surface area (Å²) in [5.41, 5.74) is 7.31. The van der Waals surface area contributed by atoms with Crippen molar-refractivity contribution in [3.63, 3.8) is 0 Å². The van der Waals surface area contributed by atoms with Crippen molar-refractivity contribution in [2.75, 3.05) is 14.2 Å². The molecule has 158 valence electrons. The van der Waals surface area contributed by atoms with Crippen LogP contribution in [-0.4, -0.2) is 34.9 Å². The number of nitrogens with one attached hydrogen (secondary N) is 2. The highest BCUT2D eigenvalue weighted by Gasteiger charge is 2.11. The van der Waals surface area contributed by atoms with E-state index in [9.17, 15) is 0 Å². The van der Waals surface area contributed by atoms with E-state index >= 15 is 0 Å². The van der Waals surface area contributed by atoms with Crippen molar-refractivity contribution in [3.05, 3.63) is 70.3 Å². The maximum absolute atomic E-state index is 5.50. The Kier molecular flexibility index (Phi) is 6.72. The van der Waals surface area contributed by atoms with Gasteiger partial charge in [-0.15, -0.1) is 0 Å². The number of guanidine groups is 1. The number of nitrogens with zero attached hydrogens (tertiary/aromatic N) is 4.